The molecule has 1 aliphatic rings. The molecule has 1 unspecified atom stereocenters. The van der Waals surface area contributed by atoms with E-state index >= 15 is 0 Å². The van der Waals surface area contributed by atoms with Gasteiger partial charge in [0, 0.05) is 19.2 Å². The van der Waals surface area contributed by atoms with E-state index < -0.39 is 10.0 Å². The third kappa shape index (κ3) is 4.39. The van der Waals surface area contributed by atoms with Crippen LogP contribution in [0.5, 0.6) is 11.5 Å². The zero-order valence-electron chi connectivity index (χ0n) is 14.2. The fourth-order valence-electron chi connectivity index (χ4n) is 2.76. The Morgan fingerprint density at radius 1 is 1.33 bits per heavy atom. The number of methoxy groups -OCH3 is 2. The molecule has 1 atom stereocenters. The summed E-state index contributed by atoms with van der Waals surface area (Å²) in [7, 11) is -1.04. The summed E-state index contributed by atoms with van der Waals surface area (Å²) in [4.78, 5) is 13.9. The molecule has 2 rings (SSSR count). The maximum Gasteiger partial charge on any atom is 0.244 e. The molecular weight excluding hydrogens is 332 g/mol. The van der Waals surface area contributed by atoms with Gasteiger partial charge in [-0.25, -0.2) is 13.1 Å². The highest BCUT2D eigenvalue weighted by Crippen LogP contribution is 2.28. The van der Waals surface area contributed by atoms with Gasteiger partial charge in [-0.05, 0) is 30.9 Å². The van der Waals surface area contributed by atoms with Crippen LogP contribution in [0.1, 0.15) is 19.8 Å². The lowest BCUT2D eigenvalue weighted by molar-refractivity contribution is -0.131. The normalized spacial score (nSPS) is 18.3. The molecule has 0 bridgehead atoms. The molecule has 0 aromatic heterocycles. The molecule has 1 aliphatic heterocycles. The first-order valence-electron chi connectivity index (χ1n) is 7.87. The van der Waals surface area contributed by atoms with E-state index in [0.29, 0.717) is 24.8 Å². The van der Waals surface area contributed by atoms with Crippen LogP contribution in [-0.2, 0) is 14.8 Å². The number of nitrogens with zero attached hydrogens (tertiary/aromatic N) is 1. The molecule has 1 aromatic carbocycles. The summed E-state index contributed by atoms with van der Waals surface area (Å²) in [6, 6.07) is 4.49. The van der Waals surface area contributed by atoms with Gasteiger partial charge in [0.1, 0.15) is 16.4 Å². The van der Waals surface area contributed by atoms with Crippen LogP contribution in [0.15, 0.2) is 23.1 Å². The fraction of sp³-hybridized carbons (Fsp3) is 0.562. The van der Waals surface area contributed by atoms with Gasteiger partial charge >= 0.3 is 0 Å². The predicted molar refractivity (Wildman–Crippen MR) is 89.7 cm³/mol. The molecule has 1 aromatic rings. The second-order valence-electron chi connectivity index (χ2n) is 5.93. The zero-order chi connectivity index (χ0) is 17.7. The Hall–Kier alpha value is -1.80. The maximum atomic E-state index is 12.5. The number of hydrogen-bond donors (Lipinski definition) is 1. The van der Waals surface area contributed by atoms with Crippen LogP contribution in [0.3, 0.4) is 0 Å². The summed E-state index contributed by atoms with van der Waals surface area (Å²) in [5.41, 5.74) is 0. The second kappa shape index (κ2) is 7.85. The average molecular weight is 356 g/mol. The van der Waals surface area contributed by atoms with Crippen molar-refractivity contribution in [3.05, 3.63) is 18.2 Å². The molecule has 1 fully saturated rings. The van der Waals surface area contributed by atoms with Crippen molar-refractivity contribution in [2.45, 2.75) is 24.7 Å². The van der Waals surface area contributed by atoms with Gasteiger partial charge in [0.05, 0.1) is 20.8 Å². The number of nitrogens with one attached hydrogen (secondary N) is 1. The fourth-order valence-corrected chi connectivity index (χ4v) is 3.91. The number of hydrogen-bond acceptors (Lipinski definition) is 5. The van der Waals surface area contributed by atoms with Crippen LogP contribution < -0.4 is 14.2 Å². The maximum absolute atomic E-state index is 12.5. The number of sulfonamides is 1. The topological polar surface area (TPSA) is 84.9 Å². The van der Waals surface area contributed by atoms with Gasteiger partial charge in [0.2, 0.25) is 15.9 Å². The van der Waals surface area contributed by atoms with Gasteiger partial charge in [-0.2, -0.15) is 0 Å². The summed E-state index contributed by atoms with van der Waals surface area (Å²) < 4.78 is 37.5. The number of likely N-dealkylation sites (tertiary alicyclic amines) is 1. The third-order valence-electron chi connectivity index (χ3n) is 4.08. The van der Waals surface area contributed by atoms with Crippen LogP contribution in [0.4, 0.5) is 0 Å². The summed E-state index contributed by atoms with van der Waals surface area (Å²) in [5.74, 6) is 0.819. The lowest BCUT2D eigenvalue weighted by Gasteiger charge is -2.31. The molecule has 0 radical (unpaired) electrons. The van der Waals surface area contributed by atoms with Crippen molar-refractivity contribution in [3.63, 3.8) is 0 Å². The molecule has 0 saturated carbocycles. The molecular formula is C16H24N2O5S. The van der Waals surface area contributed by atoms with E-state index in [1.54, 1.807) is 11.0 Å². The van der Waals surface area contributed by atoms with Crippen molar-refractivity contribution >= 4 is 15.9 Å². The number of piperidine rings is 1. The second-order valence-corrected chi connectivity index (χ2v) is 7.66. The van der Waals surface area contributed by atoms with Gasteiger partial charge in [-0.15, -0.1) is 0 Å². The number of amides is 1. The Kier molecular flexibility index (Phi) is 6.06. The molecule has 1 heterocycles. The molecule has 1 amide bonds. The van der Waals surface area contributed by atoms with Crippen LogP contribution in [0.2, 0.25) is 0 Å². The van der Waals surface area contributed by atoms with E-state index in [2.05, 4.69) is 11.6 Å². The summed E-state index contributed by atoms with van der Waals surface area (Å²) >= 11 is 0. The van der Waals surface area contributed by atoms with Gasteiger partial charge < -0.3 is 14.4 Å². The predicted octanol–water partition coefficient (Wildman–Crippen LogP) is 1.24. The van der Waals surface area contributed by atoms with Crippen molar-refractivity contribution < 1.29 is 22.7 Å². The zero-order valence-corrected chi connectivity index (χ0v) is 15.1. The Labute approximate surface area is 143 Å². The van der Waals surface area contributed by atoms with E-state index in [9.17, 15) is 13.2 Å². The number of ether oxygens (including phenoxy) is 2. The SMILES string of the molecule is COc1ccc(OC)c(S(=O)(=O)NCC(=O)N2CCCC(C)C2)c1. The molecule has 0 aliphatic carbocycles. The van der Waals surface area contributed by atoms with Crippen molar-refractivity contribution in [2.75, 3.05) is 33.9 Å². The monoisotopic (exact) mass is 356 g/mol. The molecule has 1 saturated heterocycles. The van der Waals surface area contributed by atoms with E-state index in [1.807, 2.05) is 0 Å². The summed E-state index contributed by atoms with van der Waals surface area (Å²) in [6.07, 6.45) is 2.04. The van der Waals surface area contributed by atoms with E-state index in [-0.39, 0.29) is 23.1 Å². The Morgan fingerprint density at radius 2 is 2.08 bits per heavy atom. The smallest absolute Gasteiger partial charge is 0.244 e. The lowest BCUT2D eigenvalue weighted by atomic mass is 10.0. The first-order chi connectivity index (χ1) is 11.4. The van der Waals surface area contributed by atoms with E-state index in [4.69, 9.17) is 9.47 Å². The van der Waals surface area contributed by atoms with Crippen LogP contribution in [-0.4, -0.2) is 53.1 Å². The standard InChI is InChI=1S/C16H24N2O5S/c1-12-5-4-8-18(11-12)16(19)10-17-24(20,21)15-9-13(22-2)6-7-14(15)23-3/h6-7,9,12,17H,4-5,8,10-11H2,1-3H3. The highest BCUT2D eigenvalue weighted by Gasteiger charge is 2.25. The molecule has 7 nitrogen and oxygen atoms in total. The van der Waals surface area contributed by atoms with E-state index in [0.717, 1.165) is 12.8 Å². The quantitative estimate of drug-likeness (QED) is 0.829. The molecule has 1 N–H and O–H groups in total. The minimum atomic E-state index is -3.89. The number of benzene rings is 1. The number of carbonyl (C=O) groups excluding carboxylic acids is 1. The Morgan fingerprint density at radius 3 is 2.71 bits per heavy atom. The van der Waals surface area contributed by atoms with Crippen LogP contribution in [0.25, 0.3) is 0 Å². The largest absolute Gasteiger partial charge is 0.497 e. The van der Waals surface area contributed by atoms with Crippen molar-refractivity contribution in [1.82, 2.24) is 9.62 Å². The summed E-state index contributed by atoms with van der Waals surface area (Å²) in [6.45, 7) is 3.16. The van der Waals surface area contributed by atoms with E-state index in [1.165, 1.54) is 26.4 Å². The van der Waals surface area contributed by atoms with Crippen LogP contribution in [0, 0.1) is 5.92 Å². The first kappa shape index (κ1) is 18.5. The van der Waals surface area contributed by atoms with Crippen LogP contribution >= 0.6 is 0 Å². The van der Waals surface area contributed by atoms with Gasteiger partial charge in [-0.1, -0.05) is 6.92 Å². The first-order valence-corrected chi connectivity index (χ1v) is 9.35. The highest BCUT2D eigenvalue weighted by molar-refractivity contribution is 7.89. The van der Waals surface area contributed by atoms with Gasteiger partial charge in [0.25, 0.3) is 0 Å². The molecule has 134 valence electrons. The Balaban J connectivity index is 2.09. The number of rotatable bonds is 6. The third-order valence-corrected chi connectivity index (χ3v) is 5.51. The van der Waals surface area contributed by atoms with Gasteiger partial charge in [-0.3, -0.25) is 4.79 Å². The Bertz CT molecular complexity index is 690. The van der Waals surface area contributed by atoms with Gasteiger partial charge in [0.15, 0.2) is 0 Å². The number of carbonyl (C=O) groups is 1. The minimum Gasteiger partial charge on any atom is -0.497 e. The molecule has 24 heavy (non-hydrogen) atoms. The van der Waals surface area contributed by atoms with Crippen molar-refractivity contribution in [2.24, 2.45) is 5.92 Å². The highest BCUT2D eigenvalue weighted by atomic mass is 32.2. The summed E-state index contributed by atoms with van der Waals surface area (Å²) in [5, 5.41) is 0. The minimum absolute atomic E-state index is 0.0517. The lowest BCUT2D eigenvalue weighted by Crippen LogP contribution is -2.44. The van der Waals surface area contributed by atoms with Crippen molar-refractivity contribution in [1.29, 1.82) is 0 Å². The molecule has 8 heteroatoms. The molecule has 0 spiro atoms. The average Bonchev–Trinajstić information content (AvgIpc) is 2.59. The van der Waals surface area contributed by atoms with Crippen molar-refractivity contribution in [3.8, 4) is 11.5 Å².